The van der Waals surface area contributed by atoms with Crippen molar-refractivity contribution in [2.75, 3.05) is 19.6 Å². The number of nitrogens with zero attached hydrogens (tertiary/aromatic N) is 4. The summed E-state index contributed by atoms with van der Waals surface area (Å²) in [5.74, 6) is 0.173. The molecular weight excluding hydrogens is 300 g/mol. The van der Waals surface area contributed by atoms with Crippen LogP contribution in [-0.4, -0.2) is 44.9 Å². The summed E-state index contributed by atoms with van der Waals surface area (Å²) in [6.07, 6.45) is 2.97. The lowest BCUT2D eigenvalue weighted by Crippen LogP contribution is -2.48. The number of hydrogen-bond acceptors (Lipinski definition) is 3. The van der Waals surface area contributed by atoms with E-state index in [4.69, 9.17) is 0 Å². The number of benzene rings is 1. The average Bonchev–Trinajstić information content (AvgIpc) is 2.88. The van der Waals surface area contributed by atoms with Gasteiger partial charge in [-0.1, -0.05) is 29.8 Å². The van der Waals surface area contributed by atoms with Gasteiger partial charge in [-0.25, -0.2) is 4.98 Å². The molecule has 1 atom stereocenters. The molecule has 0 unspecified atom stereocenters. The van der Waals surface area contributed by atoms with E-state index in [1.165, 1.54) is 11.1 Å². The highest BCUT2D eigenvalue weighted by Crippen LogP contribution is 2.31. The number of carbonyl (C=O) groups is 1. The van der Waals surface area contributed by atoms with Crippen molar-refractivity contribution in [3.8, 4) is 0 Å². The number of rotatable bonds is 3. The highest BCUT2D eigenvalue weighted by molar-refractivity contribution is 5.84. The summed E-state index contributed by atoms with van der Waals surface area (Å²) < 4.78 is 2.03. The van der Waals surface area contributed by atoms with Crippen molar-refractivity contribution in [2.24, 2.45) is 7.05 Å². The zero-order valence-electron chi connectivity index (χ0n) is 14.4. The van der Waals surface area contributed by atoms with Crippen molar-refractivity contribution in [1.82, 2.24) is 19.4 Å². The molecule has 1 fully saturated rings. The van der Waals surface area contributed by atoms with Crippen LogP contribution in [0.15, 0.2) is 30.6 Å². The molecule has 2 aliphatic heterocycles. The number of fused-ring (bicyclic) bond motifs is 1. The first-order valence-electron chi connectivity index (χ1n) is 8.68. The second-order valence-electron chi connectivity index (χ2n) is 7.07. The molecular formula is C19H24N4O. The molecule has 24 heavy (non-hydrogen) atoms. The molecule has 0 aliphatic carbocycles. The van der Waals surface area contributed by atoms with E-state index in [0.29, 0.717) is 0 Å². The highest BCUT2D eigenvalue weighted by atomic mass is 16.2. The second-order valence-corrected chi connectivity index (χ2v) is 7.07. The topological polar surface area (TPSA) is 41.4 Å². The Hall–Kier alpha value is -2.14. The van der Waals surface area contributed by atoms with Crippen LogP contribution in [0.25, 0.3) is 0 Å². The minimum absolute atomic E-state index is 0.0907. The number of imidazole rings is 1. The summed E-state index contributed by atoms with van der Waals surface area (Å²) in [6.45, 7) is 6.36. The molecule has 2 aromatic rings. The number of aromatic nitrogens is 2. The Balaban J connectivity index is 1.58. The van der Waals surface area contributed by atoms with Crippen LogP contribution in [0.1, 0.15) is 34.9 Å². The quantitative estimate of drug-likeness (QED) is 0.868. The summed E-state index contributed by atoms with van der Waals surface area (Å²) in [4.78, 5) is 21.8. The molecule has 0 saturated carbocycles. The first-order chi connectivity index (χ1) is 11.6. The monoisotopic (exact) mass is 324 g/mol. The maximum absolute atomic E-state index is 12.9. The van der Waals surface area contributed by atoms with Crippen LogP contribution in [-0.2, 0) is 24.9 Å². The van der Waals surface area contributed by atoms with E-state index in [1.807, 2.05) is 22.8 Å². The van der Waals surface area contributed by atoms with Crippen molar-refractivity contribution in [2.45, 2.75) is 32.4 Å². The molecule has 0 radical (unpaired) electrons. The van der Waals surface area contributed by atoms with Crippen LogP contribution in [0.2, 0.25) is 0 Å². The van der Waals surface area contributed by atoms with Gasteiger partial charge in [0, 0.05) is 39.8 Å². The second kappa shape index (κ2) is 6.06. The van der Waals surface area contributed by atoms with E-state index in [9.17, 15) is 4.79 Å². The molecule has 4 rings (SSSR count). The number of carbonyl (C=O) groups excluding carboxylic acids is 1. The number of amides is 1. The van der Waals surface area contributed by atoms with Crippen molar-refractivity contribution in [3.63, 3.8) is 0 Å². The predicted octanol–water partition coefficient (Wildman–Crippen LogP) is 2.06. The van der Waals surface area contributed by atoms with Gasteiger partial charge in [-0.2, -0.15) is 0 Å². The Labute approximate surface area is 142 Å². The van der Waals surface area contributed by atoms with Gasteiger partial charge < -0.3 is 9.47 Å². The molecule has 0 bridgehead atoms. The van der Waals surface area contributed by atoms with Gasteiger partial charge in [-0.15, -0.1) is 0 Å². The van der Waals surface area contributed by atoms with E-state index in [1.54, 1.807) is 0 Å². The lowest BCUT2D eigenvalue weighted by molar-refractivity contribution is -0.137. The average molecular weight is 324 g/mol. The first-order valence-corrected chi connectivity index (χ1v) is 8.68. The third-order valence-corrected chi connectivity index (χ3v) is 5.20. The lowest BCUT2D eigenvalue weighted by atomic mass is 9.94. The zero-order valence-corrected chi connectivity index (χ0v) is 14.4. The minimum atomic E-state index is -0.0907. The molecule has 1 saturated heterocycles. The highest BCUT2D eigenvalue weighted by Gasteiger charge is 2.37. The molecule has 2 aliphatic rings. The van der Waals surface area contributed by atoms with E-state index >= 15 is 0 Å². The molecule has 5 heteroatoms. The summed E-state index contributed by atoms with van der Waals surface area (Å²) in [7, 11) is 2.00. The molecule has 5 nitrogen and oxygen atoms in total. The number of likely N-dealkylation sites (tertiary alicyclic amines) is 1. The van der Waals surface area contributed by atoms with Crippen LogP contribution >= 0.6 is 0 Å². The van der Waals surface area contributed by atoms with Crippen LogP contribution in [0.5, 0.6) is 0 Å². The summed E-state index contributed by atoms with van der Waals surface area (Å²) >= 11 is 0. The van der Waals surface area contributed by atoms with Gasteiger partial charge in [0.2, 0.25) is 5.91 Å². The van der Waals surface area contributed by atoms with Crippen molar-refractivity contribution in [3.05, 3.63) is 53.1 Å². The van der Waals surface area contributed by atoms with Gasteiger partial charge in [-0.3, -0.25) is 9.69 Å². The van der Waals surface area contributed by atoms with Crippen molar-refractivity contribution < 1.29 is 4.79 Å². The minimum Gasteiger partial charge on any atom is -0.342 e. The Bertz CT molecular complexity index is 745. The van der Waals surface area contributed by atoms with E-state index in [0.717, 1.165) is 50.5 Å². The summed E-state index contributed by atoms with van der Waals surface area (Å²) in [5, 5.41) is 0. The smallest absolute Gasteiger partial charge is 0.233 e. The Morgan fingerprint density at radius 1 is 1.25 bits per heavy atom. The van der Waals surface area contributed by atoms with Gasteiger partial charge in [0.25, 0.3) is 0 Å². The zero-order chi connectivity index (χ0) is 16.7. The molecule has 1 amide bonds. The van der Waals surface area contributed by atoms with Crippen LogP contribution in [0, 0.1) is 6.92 Å². The van der Waals surface area contributed by atoms with Gasteiger partial charge in [0.1, 0.15) is 0 Å². The molecule has 0 N–H and O–H groups in total. The third-order valence-electron chi connectivity index (χ3n) is 5.20. The molecule has 126 valence electrons. The Morgan fingerprint density at radius 2 is 2.00 bits per heavy atom. The number of hydrogen-bond donors (Lipinski definition) is 0. The Kier molecular flexibility index (Phi) is 3.88. The number of aryl methyl sites for hydroxylation is 2. The summed E-state index contributed by atoms with van der Waals surface area (Å²) in [6, 6.07) is 8.65. The van der Waals surface area contributed by atoms with Crippen LogP contribution < -0.4 is 0 Å². The largest absolute Gasteiger partial charge is 0.342 e. The van der Waals surface area contributed by atoms with E-state index in [-0.39, 0.29) is 11.8 Å². The van der Waals surface area contributed by atoms with Gasteiger partial charge in [-0.05, 0) is 18.9 Å². The molecule has 1 aromatic carbocycles. The van der Waals surface area contributed by atoms with E-state index in [2.05, 4.69) is 41.1 Å². The van der Waals surface area contributed by atoms with Crippen molar-refractivity contribution >= 4 is 5.91 Å². The van der Waals surface area contributed by atoms with Gasteiger partial charge >= 0.3 is 0 Å². The maximum atomic E-state index is 12.9. The molecule has 0 spiro atoms. The molecule has 1 aromatic heterocycles. The standard InChI is InChI=1S/C19H24N4O/c1-14-4-6-15(7-5-14)10-22-11-16(19(24)23-8-3-9-23)18-17(12-22)20-13-21(18)2/h4-7,13,16H,3,8-12H2,1-2H3/t16-/m0/s1. The van der Waals surface area contributed by atoms with Crippen molar-refractivity contribution in [1.29, 1.82) is 0 Å². The fourth-order valence-corrected chi connectivity index (χ4v) is 3.70. The normalized spacial score (nSPS) is 20.6. The van der Waals surface area contributed by atoms with E-state index < -0.39 is 0 Å². The van der Waals surface area contributed by atoms with Gasteiger partial charge in [0.05, 0.1) is 23.6 Å². The first kappa shape index (κ1) is 15.4. The fourth-order valence-electron chi connectivity index (χ4n) is 3.70. The summed E-state index contributed by atoms with van der Waals surface area (Å²) in [5.41, 5.74) is 4.71. The predicted molar refractivity (Wildman–Crippen MR) is 92.4 cm³/mol. The SMILES string of the molecule is Cc1ccc(CN2Cc3ncn(C)c3[C@@H](C(=O)N3CCC3)C2)cc1. The molecule has 3 heterocycles. The fraction of sp³-hybridized carbons (Fsp3) is 0.474. The van der Waals surface area contributed by atoms with Gasteiger partial charge in [0.15, 0.2) is 0 Å². The Morgan fingerprint density at radius 3 is 2.67 bits per heavy atom. The maximum Gasteiger partial charge on any atom is 0.233 e. The van der Waals surface area contributed by atoms with Crippen LogP contribution in [0.3, 0.4) is 0 Å². The lowest BCUT2D eigenvalue weighted by Gasteiger charge is -2.38. The third kappa shape index (κ3) is 2.73. The van der Waals surface area contributed by atoms with Crippen LogP contribution in [0.4, 0.5) is 0 Å².